The van der Waals surface area contributed by atoms with Gasteiger partial charge in [0.15, 0.2) is 0 Å². The second-order valence-electron chi connectivity index (χ2n) is 4.12. The summed E-state index contributed by atoms with van der Waals surface area (Å²) in [6, 6.07) is 3.33. The van der Waals surface area contributed by atoms with Crippen LogP contribution >= 0.6 is 0 Å². The molecule has 5 nitrogen and oxygen atoms in total. The summed E-state index contributed by atoms with van der Waals surface area (Å²) < 4.78 is 10.9. The number of carboxylic acids is 1. The summed E-state index contributed by atoms with van der Waals surface area (Å²) in [4.78, 5) is 11.0. The van der Waals surface area contributed by atoms with Crippen LogP contribution in [-0.4, -0.2) is 33.8 Å². The first-order valence-electron chi connectivity index (χ1n) is 5.59. The van der Waals surface area contributed by atoms with E-state index in [0.29, 0.717) is 18.0 Å². The lowest BCUT2D eigenvalue weighted by Crippen LogP contribution is -2.09. The Bertz CT molecular complexity index is 475. The van der Waals surface area contributed by atoms with Crippen molar-refractivity contribution in [1.29, 1.82) is 0 Å². The molecule has 1 atom stereocenters. The van der Waals surface area contributed by atoms with Crippen molar-refractivity contribution in [3.05, 3.63) is 23.3 Å². The average molecular weight is 270 g/mol. The number of carboxylic acid groups (broad SMARTS) is 1. The van der Waals surface area contributed by atoms with E-state index in [1.807, 2.05) is 6.07 Å². The molecule has 0 heterocycles. The van der Waals surface area contributed by atoms with Crippen LogP contribution in [0.4, 0.5) is 11.4 Å². The molecule has 100 valence electrons. The smallest absolute Gasteiger partial charge is 0.337 e. The van der Waals surface area contributed by atoms with Crippen LogP contribution in [0.25, 0.3) is 0 Å². The van der Waals surface area contributed by atoms with Crippen LogP contribution in [0.5, 0.6) is 0 Å². The highest BCUT2D eigenvalue weighted by molar-refractivity contribution is 7.84. The third kappa shape index (κ3) is 4.03. The molecule has 0 aliphatic heterocycles. The number of anilines is 2. The predicted octanol–water partition coefficient (Wildman–Crippen LogP) is 1.46. The van der Waals surface area contributed by atoms with Crippen LogP contribution < -0.4 is 11.1 Å². The number of nitrogens with two attached hydrogens (primary N) is 1. The number of benzene rings is 1. The van der Waals surface area contributed by atoms with Crippen molar-refractivity contribution in [3.8, 4) is 0 Å². The van der Waals surface area contributed by atoms with E-state index in [-0.39, 0.29) is 5.56 Å². The summed E-state index contributed by atoms with van der Waals surface area (Å²) in [6.07, 6.45) is 2.44. The van der Waals surface area contributed by atoms with E-state index >= 15 is 0 Å². The fraction of sp³-hybridized carbons (Fsp3) is 0.417. The fourth-order valence-corrected chi connectivity index (χ4v) is 2.14. The lowest BCUT2D eigenvalue weighted by atomic mass is 10.1. The summed E-state index contributed by atoms with van der Waals surface area (Å²) >= 11 is 0. The normalized spacial score (nSPS) is 12.1. The highest BCUT2D eigenvalue weighted by atomic mass is 32.2. The van der Waals surface area contributed by atoms with E-state index in [4.69, 9.17) is 10.8 Å². The molecule has 0 spiro atoms. The Kier molecular flexibility index (Phi) is 5.15. The maximum Gasteiger partial charge on any atom is 0.337 e. The molecule has 1 aromatic carbocycles. The van der Waals surface area contributed by atoms with Crippen LogP contribution in [0.2, 0.25) is 0 Å². The second-order valence-corrected chi connectivity index (χ2v) is 5.67. The summed E-state index contributed by atoms with van der Waals surface area (Å²) in [5.41, 5.74) is 7.56. The monoisotopic (exact) mass is 270 g/mol. The highest BCUT2D eigenvalue weighted by Crippen LogP contribution is 2.22. The Morgan fingerprint density at radius 1 is 1.50 bits per heavy atom. The minimum absolute atomic E-state index is 0.108. The molecule has 0 radical (unpaired) electrons. The van der Waals surface area contributed by atoms with E-state index in [9.17, 15) is 9.00 Å². The molecule has 1 rings (SSSR count). The van der Waals surface area contributed by atoms with E-state index in [0.717, 1.165) is 17.7 Å². The molecule has 18 heavy (non-hydrogen) atoms. The molecule has 0 aromatic heterocycles. The third-order valence-electron chi connectivity index (χ3n) is 2.55. The third-order valence-corrected chi connectivity index (χ3v) is 3.42. The second kappa shape index (κ2) is 6.39. The lowest BCUT2D eigenvalue weighted by Gasteiger charge is -2.11. The molecule has 0 amide bonds. The highest BCUT2D eigenvalue weighted by Gasteiger charge is 2.11. The van der Waals surface area contributed by atoms with Crippen molar-refractivity contribution in [2.45, 2.75) is 13.3 Å². The number of rotatable bonds is 6. The maximum absolute atomic E-state index is 11.0. The van der Waals surface area contributed by atoms with Gasteiger partial charge in [-0.1, -0.05) is 0 Å². The van der Waals surface area contributed by atoms with Crippen molar-refractivity contribution in [1.82, 2.24) is 0 Å². The van der Waals surface area contributed by atoms with Crippen LogP contribution in [-0.2, 0) is 10.8 Å². The van der Waals surface area contributed by atoms with Crippen molar-refractivity contribution >= 4 is 28.1 Å². The largest absolute Gasteiger partial charge is 0.478 e. The fourth-order valence-electron chi connectivity index (χ4n) is 1.59. The molecular weight excluding hydrogens is 252 g/mol. The van der Waals surface area contributed by atoms with E-state index in [1.54, 1.807) is 13.2 Å². The zero-order valence-corrected chi connectivity index (χ0v) is 11.3. The molecule has 0 saturated heterocycles. The van der Waals surface area contributed by atoms with Crippen LogP contribution in [0.15, 0.2) is 12.1 Å². The molecule has 1 unspecified atom stereocenters. The van der Waals surface area contributed by atoms with Gasteiger partial charge in [-0.05, 0) is 31.0 Å². The Labute approximate surface area is 109 Å². The van der Waals surface area contributed by atoms with Gasteiger partial charge < -0.3 is 16.2 Å². The quantitative estimate of drug-likeness (QED) is 0.537. The average Bonchev–Trinajstić information content (AvgIpc) is 2.28. The van der Waals surface area contributed by atoms with Crippen LogP contribution in [0.3, 0.4) is 0 Å². The molecule has 4 N–H and O–H groups in total. The van der Waals surface area contributed by atoms with Gasteiger partial charge in [0.05, 0.1) is 5.56 Å². The Hall–Kier alpha value is -1.56. The van der Waals surface area contributed by atoms with Gasteiger partial charge in [0.2, 0.25) is 0 Å². The van der Waals surface area contributed by atoms with E-state index < -0.39 is 16.8 Å². The number of hydrogen-bond acceptors (Lipinski definition) is 4. The topological polar surface area (TPSA) is 92.4 Å². The van der Waals surface area contributed by atoms with Gasteiger partial charge in [0.25, 0.3) is 0 Å². The van der Waals surface area contributed by atoms with E-state index in [1.165, 1.54) is 6.07 Å². The van der Waals surface area contributed by atoms with Crippen molar-refractivity contribution in [3.63, 3.8) is 0 Å². The van der Waals surface area contributed by atoms with Gasteiger partial charge in [-0.15, -0.1) is 0 Å². The molecule has 1 aromatic rings. The summed E-state index contributed by atoms with van der Waals surface area (Å²) in [7, 11) is -0.797. The molecular formula is C12H18N2O3S. The number of aryl methyl sites for hydroxylation is 1. The molecule has 0 fully saturated rings. The van der Waals surface area contributed by atoms with Crippen molar-refractivity contribution in [2.24, 2.45) is 0 Å². The zero-order valence-electron chi connectivity index (χ0n) is 10.5. The van der Waals surface area contributed by atoms with Crippen LogP contribution in [0, 0.1) is 6.92 Å². The Morgan fingerprint density at radius 2 is 2.17 bits per heavy atom. The molecule has 0 bridgehead atoms. The van der Waals surface area contributed by atoms with Crippen molar-refractivity contribution in [2.75, 3.05) is 29.6 Å². The van der Waals surface area contributed by atoms with Gasteiger partial charge in [0.1, 0.15) is 0 Å². The Balaban J connectivity index is 2.72. The molecule has 0 saturated carbocycles. The first-order chi connectivity index (χ1) is 8.41. The standard InChI is InChI=1S/C12H18N2O3S/c1-8-6-9(14-4-3-5-18(2)17)7-10(11(8)13)12(15)16/h6-7,14H,3-5,13H2,1-2H3,(H,15,16). The predicted molar refractivity (Wildman–Crippen MR) is 74.6 cm³/mol. The number of hydrogen-bond donors (Lipinski definition) is 3. The molecule has 0 aliphatic rings. The summed E-state index contributed by atoms with van der Waals surface area (Å²) in [6.45, 7) is 2.43. The summed E-state index contributed by atoms with van der Waals surface area (Å²) in [5, 5.41) is 12.1. The van der Waals surface area contributed by atoms with Crippen molar-refractivity contribution < 1.29 is 14.1 Å². The maximum atomic E-state index is 11.0. The Morgan fingerprint density at radius 3 is 2.72 bits per heavy atom. The number of aromatic carboxylic acids is 1. The molecule has 6 heteroatoms. The van der Waals surface area contributed by atoms with Gasteiger partial charge in [-0.2, -0.15) is 0 Å². The zero-order chi connectivity index (χ0) is 13.7. The minimum atomic E-state index is -1.03. The minimum Gasteiger partial charge on any atom is -0.478 e. The van der Waals surface area contributed by atoms with Gasteiger partial charge in [-0.3, -0.25) is 4.21 Å². The first-order valence-corrected chi connectivity index (χ1v) is 7.32. The number of nitrogen functional groups attached to an aromatic ring is 1. The van der Waals surface area contributed by atoms with Gasteiger partial charge >= 0.3 is 5.97 Å². The molecule has 0 aliphatic carbocycles. The number of carbonyl (C=O) groups is 1. The number of nitrogens with one attached hydrogen (secondary N) is 1. The van der Waals surface area contributed by atoms with Gasteiger partial charge in [0, 0.05) is 40.7 Å². The lowest BCUT2D eigenvalue weighted by molar-refractivity contribution is 0.0698. The van der Waals surface area contributed by atoms with Crippen LogP contribution in [0.1, 0.15) is 22.3 Å². The van der Waals surface area contributed by atoms with Gasteiger partial charge in [-0.25, -0.2) is 4.79 Å². The first kappa shape index (κ1) is 14.5. The van der Waals surface area contributed by atoms with E-state index in [2.05, 4.69) is 5.32 Å². The summed E-state index contributed by atoms with van der Waals surface area (Å²) in [5.74, 6) is -0.402. The SMILES string of the molecule is Cc1cc(NCCCS(C)=O)cc(C(=O)O)c1N.